The molecule has 0 aliphatic rings. The molecular weight excluding hydrogens is 266 g/mol. The number of nitrogen functional groups attached to an aromatic ring is 1. The molecule has 1 amide bonds. The van der Waals surface area contributed by atoms with Gasteiger partial charge in [-0.2, -0.15) is 0 Å². The highest BCUT2D eigenvalue weighted by atomic mass is 19.1. The van der Waals surface area contributed by atoms with Gasteiger partial charge >= 0.3 is 0 Å². The highest BCUT2D eigenvalue weighted by molar-refractivity contribution is 6.07. The van der Waals surface area contributed by atoms with Crippen LogP contribution in [0.15, 0.2) is 36.4 Å². The van der Waals surface area contributed by atoms with Gasteiger partial charge in [0.15, 0.2) is 0 Å². The molecule has 0 unspecified atom stereocenters. The van der Waals surface area contributed by atoms with Gasteiger partial charge in [0.1, 0.15) is 17.4 Å². The Morgan fingerprint density at radius 1 is 1.20 bits per heavy atom. The van der Waals surface area contributed by atoms with Crippen LogP contribution in [0.3, 0.4) is 0 Å². The SMILES string of the molecule is COc1ccc(F)c(NC(=O)c2cccc(F)c2N)c1. The van der Waals surface area contributed by atoms with Crippen molar-refractivity contribution in [2.24, 2.45) is 0 Å². The van der Waals surface area contributed by atoms with Gasteiger partial charge in [0.25, 0.3) is 5.91 Å². The number of benzene rings is 2. The first-order valence-corrected chi connectivity index (χ1v) is 5.72. The van der Waals surface area contributed by atoms with Crippen molar-refractivity contribution in [1.29, 1.82) is 0 Å². The van der Waals surface area contributed by atoms with Gasteiger partial charge in [-0.25, -0.2) is 8.78 Å². The predicted molar refractivity (Wildman–Crippen MR) is 71.7 cm³/mol. The zero-order valence-electron chi connectivity index (χ0n) is 10.6. The molecule has 104 valence electrons. The molecule has 0 heterocycles. The number of carbonyl (C=O) groups excluding carboxylic acids is 1. The Balaban J connectivity index is 2.30. The fraction of sp³-hybridized carbons (Fsp3) is 0.0714. The number of para-hydroxylation sites is 1. The minimum Gasteiger partial charge on any atom is -0.497 e. The minimum atomic E-state index is -0.705. The van der Waals surface area contributed by atoms with E-state index in [9.17, 15) is 13.6 Å². The molecule has 0 radical (unpaired) electrons. The van der Waals surface area contributed by atoms with Crippen LogP contribution < -0.4 is 15.8 Å². The number of amides is 1. The molecule has 0 fully saturated rings. The van der Waals surface area contributed by atoms with Gasteiger partial charge in [0.05, 0.1) is 24.0 Å². The van der Waals surface area contributed by atoms with Crippen LogP contribution in [-0.4, -0.2) is 13.0 Å². The zero-order chi connectivity index (χ0) is 14.7. The van der Waals surface area contributed by atoms with Crippen LogP contribution in [0.5, 0.6) is 5.75 Å². The van der Waals surface area contributed by atoms with Crippen molar-refractivity contribution in [2.45, 2.75) is 0 Å². The monoisotopic (exact) mass is 278 g/mol. The quantitative estimate of drug-likeness (QED) is 0.848. The number of nitrogens with two attached hydrogens (primary N) is 1. The molecular formula is C14H12F2N2O2. The van der Waals surface area contributed by atoms with Crippen molar-refractivity contribution in [3.8, 4) is 5.75 Å². The van der Waals surface area contributed by atoms with Crippen molar-refractivity contribution in [3.05, 3.63) is 53.6 Å². The molecule has 0 aliphatic carbocycles. The number of anilines is 2. The van der Waals surface area contributed by atoms with E-state index in [1.54, 1.807) is 0 Å². The largest absolute Gasteiger partial charge is 0.497 e. The van der Waals surface area contributed by atoms with E-state index >= 15 is 0 Å². The summed E-state index contributed by atoms with van der Waals surface area (Å²) in [6.07, 6.45) is 0. The number of ether oxygens (including phenoxy) is 1. The number of nitrogens with one attached hydrogen (secondary N) is 1. The van der Waals surface area contributed by atoms with Crippen molar-refractivity contribution in [3.63, 3.8) is 0 Å². The second-order valence-electron chi connectivity index (χ2n) is 4.00. The molecule has 0 saturated heterocycles. The van der Waals surface area contributed by atoms with Crippen LogP contribution in [-0.2, 0) is 0 Å². The van der Waals surface area contributed by atoms with Gasteiger partial charge in [0, 0.05) is 6.07 Å². The molecule has 20 heavy (non-hydrogen) atoms. The Kier molecular flexibility index (Phi) is 3.84. The highest BCUT2D eigenvalue weighted by Crippen LogP contribution is 2.23. The number of hydrogen-bond acceptors (Lipinski definition) is 3. The van der Waals surface area contributed by atoms with E-state index in [4.69, 9.17) is 10.5 Å². The van der Waals surface area contributed by atoms with Crippen molar-refractivity contribution >= 4 is 17.3 Å². The van der Waals surface area contributed by atoms with Crippen molar-refractivity contribution in [1.82, 2.24) is 0 Å². The summed E-state index contributed by atoms with van der Waals surface area (Å²) < 4.78 is 31.8. The predicted octanol–water partition coefficient (Wildman–Crippen LogP) is 2.81. The topological polar surface area (TPSA) is 64.3 Å². The molecule has 2 rings (SSSR count). The van der Waals surface area contributed by atoms with E-state index in [1.165, 1.54) is 31.4 Å². The first-order chi connectivity index (χ1) is 9.52. The molecule has 4 nitrogen and oxygen atoms in total. The second-order valence-corrected chi connectivity index (χ2v) is 4.00. The van der Waals surface area contributed by atoms with Crippen molar-refractivity contribution < 1.29 is 18.3 Å². The summed E-state index contributed by atoms with van der Waals surface area (Å²) in [5.74, 6) is -1.65. The summed E-state index contributed by atoms with van der Waals surface area (Å²) in [4.78, 5) is 12.0. The lowest BCUT2D eigenvalue weighted by atomic mass is 10.1. The van der Waals surface area contributed by atoms with Gasteiger partial charge < -0.3 is 15.8 Å². The van der Waals surface area contributed by atoms with Crippen LogP contribution in [0.2, 0.25) is 0 Å². The van der Waals surface area contributed by atoms with E-state index in [-0.39, 0.29) is 16.9 Å². The molecule has 0 spiro atoms. The average Bonchev–Trinajstić information content (AvgIpc) is 2.44. The summed E-state index contributed by atoms with van der Waals surface area (Å²) in [5, 5.41) is 2.33. The Labute approximate surface area is 114 Å². The summed E-state index contributed by atoms with van der Waals surface area (Å²) in [6, 6.07) is 7.74. The summed E-state index contributed by atoms with van der Waals surface area (Å²) in [5.41, 5.74) is 5.06. The third-order valence-electron chi connectivity index (χ3n) is 2.72. The molecule has 3 N–H and O–H groups in total. The fourth-order valence-corrected chi connectivity index (χ4v) is 1.65. The standard InChI is InChI=1S/C14H12F2N2O2/c1-20-8-5-6-10(15)12(7-8)18-14(19)9-3-2-4-11(16)13(9)17/h2-7H,17H2,1H3,(H,18,19). The van der Waals surface area contributed by atoms with E-state index in [0.29, 0.717) is 5.75 Å². The van der Waals surface area contributed by atoms with E-state index < -0.39 is 17.5 Å². The van der Waals surface area contributed by atoms with E-state index in [2.05, 4.69) is 5.32 Å². The Morgan fingerprint density at radius 3 is 2.65 bits per heavy atom. The van der Waals surface area contributed by atoms with Crippen LogP contribution in [0.4, 0.5) is 20.2 Å². The maximum absolute atomic E-state index is 13.6. The van der Waals surface area contributed by atoms with Gasteiger partial charge in [-0.05, 0) is 24.3 Å². The molecule has 0 atom stereocenters. The van der Waals surface area contributed by atoms with Gasteiger partial charge in [-0.3, -0.25) is 4.79 Å². The maximum Gasteiger partial charge on any atom is 0.257 e. The van der Waals surface area contributed by atoms with E-state index in [0.717, 1.165) is 12.1 Å². The Bertz CT molecular complexity index is 660. The number of rotatable bonds is 3. The molecule has 0 saturated carbocycles. The van der Waals surface area contributed by atoms with Gasteiger partial charge in [-0.1, -0.05) is 6.07 Å². The summed E-state index contributed by atoms with van der Waals surface area (Å²) in [6.45, 7) is 0. The number of halogens is 2. The average molecular weight is 278 g/mol. The molecule has 2 aromatic carbocycles. The third-order valence-corrected chi connectivity index (χ3v) is 2.72. The summed E-state index contributed by atoms with van der Waals surface area (Å²) in [7, 11) is 1.42. The van der Waals surface area contributed by atoms with Crippen LogP contribution in [0, 0.1) is 11.6 Å². The third kappa shape index (κ3) is 2.69. The van der Waals surface area contributed by atoms with Crippen LogP contribution >= 0.6 is 0 Å². The first-order valence-electron chi connectivity index (χ1n) is 5.72. The van der Waals surface area contributed by atoms with Gasteiger partial charge in [0.2, 0.25) is 0 Å². The molecule has 0 aromatic heterocycles. The number of carbonyl (C=O) groups is 1. The molecule has 0 aliphatic heterocycles. The summed E-state index contributed by atoms with van der Waals surface area (Å²) >= 11 is 0. The van der Waals surface area contributed by atoms with Crippen LogP contribution in [0.25, 0.3) is 0 Å². The van der Waals surface area contributed by atoms with Gasteiger partial charge in [-0.15, -0.1) is 0 Å². The lowest BCUT2D eigenvalue weighted by molar-refractivity contribution is 0.102. The van der Waals surface area contributed by atoms with E-state index in [1.807, 2.05) is 0 Å². The highest BCUT2D eigenvalue weighted by Gasteiger charge is 2.14. The minimum absolute atomic E-state index is 0.0628. The smallest absolute Gasteiger partial charge is 0.257 e. The second kappa shape index (κ2) is 5.56. The Morgan fingerprint density at radius 2 is 1.95 bits per heavy atom. The number of methoxy groups -OCH3 is 1. The number of hydrogen-bond donors (Lipinski definition) is 2. The molecule has 6 heteroatoms. The molecule has 2 aromatic rings. The first kappa shape index (κ1) is 13.8. The fourth-order valence-electron chi connectivity index (χ4n) is 1.65. The lowest BCUT2D eigenvalue weighted by Crippen LogP contribution is -2.15. The Hall–Kier alpha value is -2.63. The maximum atomic E-state index is 13.6. The molecule has 0 bridgehead atoms. The normalized spacial score (nSPS) is 10.2. The lowest BCUT2D eigenvalue weighted by Gasteiger charge is -2.10. The zero-order valence-corrected chi connectivity index (χ0v) is 10.6. The van der Waals surface area contributed by atoms with Crippen LogP contribution in [0.1, 0.15) is 10.4 Å². The van der Waals surface area contributed by atoms with Crippen molar-refractivity contribution in [2.75, 3.05) is 18.2 Å².